The fourth-order valence-electron chi connectivity index (χ4n) is 4.64. The summed E-state index contributed by atoms with van der Waals surface area (Å²) in [6.07, 6.45) is 4.69. The number of aromatic nitrogens is 5. The molecule has 2 aliphatic heterocycles. The number of hydrogen-bond donors (Lipinski definition) is 0. The van der Waals surface area contributed by atoms with Crippen molar-refractivity contribution in [3.8, 4) is 5.82 Å². The molecule has 2 aliphatic rings. The number of Topliss-reactive ketones (excluding diaryl/α,β-unsaturated/α-hetero) is 1. The van der Waals surface area contributed by atoms with E-state index >= 15 is 0 Å². The van der Waals surface area contributed by atoms with Gasteiger partial charge in [0.05, 0.1) is 0 Å². The summed E-state index contributed by atoms with van der Waals surface area (Å²) in [7, 11) is 0. The summed E-state index contributed by atoms with van der Waals surface area (Å²) in [6, 6.07) is 11.5. The number of anilines is 2. The van der Waals surface area contributed by atoms with Crippen LogP contribution in [0.3, 0.4) is 0 Å². The zero-order valence-corrected chi connectivity index (χ0v) is 19.2. The van der Waals surface area contributed by atoms with Crippen LogP contribution in [-0.2, 0) is 4.79 Å². The molecule has 0 saturated carbocycles. The molecule has 34 heavy (non-hydrogen) atoms. The molecular formula is C24H28N8O2. The quantitative estimate of drug-likeness (QED) is 0.532. The summed E-state index contributed by atoms with van der Waals surface area (Å²) < 4.78 is 1.57. The lowest BCUT2D eigenvalue weighted by molar-refractivity contribution is -0.136. The summed E-state index contributed by atoms with van der Waals surface area (Å²) in [5, 5.41) is 12.6. The summed E-state index contributed by atoms with van der Waals surface area (Å²) in [6.45, 7) is 6.21. The number of nitrogens with zero attached hydrogens (tertiary/aromatic N) is 8. The molecule has 4 heterocycles. The first kappa shape index (κ1) is 22.0. The highest BCUT2D eigenvalue weighted by Gasteiger charge is 2.31. The standard InChI is InChI=1S/C24H28N8O2/c1-18(33)19-2-4-21(5-3-19)29-12-14-31(15-13-29)24(34)20-8-10-30(11-9-20)22-6-7-23(28-27-22)32-17-25-16-26-32/h2-7,16-17,20H,8-15H2,1H3. The molecule has 1 amide bonds. The Morgan fingerprint density at radius 2 is 1.50 bits per heavy atom. The zero-order chi connectivity index (χ0) is 23.5. The largest absolute Gasteiger partial charge is 0.368 e. The predicted octanol–water partition coefficient (Wildman–Crippen LogP) is 1.83. The molecule has 0 radical (unpaired) electrons. The van der Waals surface area contributed by atoms with Gasteiger partial charge < -0.3 is 14.7 Å². The lowest BCUT2D eigenvalue weighted by Crippen LogP contribution is -2.51. The number of carbonyl (C=O) groups is 2. The minimum atomic E-state index is 0.0556. The van der Waals surface area contributed by atoms with Crippen LogP contribution in [0.5, 0.6) is 0 Å². The lowest BCUT2D eigenvalue weighted by Gasteiger charge is -2.39. The number of carbonyl (C=O) groups excluding carboxylic acids is 2. The number of benzene rings is 1. The molecule has 176 valence electrons. The van der Waals surface area contributed by atoms with Gasteiger partial charge in [0.25, 0.3) is 0 Å². The molecule has 1 aromatic carbocycles. The summed E-state index contributed by atoms with van der Waals surface area (Å²) in [5.41, 5.74) is 1.82. The van der Waals surface area contributed by atoms with E-state index in [9.17, 15) is 9.59 Å². The predicted molar refractivity (Wildman–Crippen MR) is 127 cm³/mol. The molecule has 3 aromatic rings. The number of rotatable bonds is 5. The fourth-order valence-corrected chi connectivity index (χ4v) is 4.64. The Morgan fingerprint density at radius 3 is 2.09 bits per heavy atom. The Labute approximate surface area is 198 Å². The first-order chi connectivity index (χ1) is 16.6. The molecule has 0 spiro atoms. The molecule has 0 unspecified atom stereocenters. The Kier molecular flexibility index (Phi) is 6.20. The average molecular weight is 461 g/mol. The molecule has 2 fully saturated rings. The Bertz CT molecular complexity index is 1110. The summed E-state index contributed by atoms with van der Waals surface area (Å²) in [4.78, 5) is 35.0. The van der Waals surface area contributed by atoms with Gasteiger partial charge in [-0.3, -0.25) is 9.59 Å². The SMILES string of the molecule is CC(=O)c1ccc(N2CCN(C(=O)C3CCN(c4ccc(-n5cncn5)nn4)CC3)CC2)cc1. The maximum Gasteiger partial charge on any atom is 0.225 e. The van der Waals surface area contributed by atoms with Gasteiger partial charge in [-0.2, -0.15) is 5.10 Å². The van der Waals surface area contributed by atoms with E-state index in [1.807, 2.05) is 41.3 Å². The molecule has 0 N–H and O–H groups in total. The molecule has 0 bridgehead atoms. The van der Waals surface area contributed by atoms with Gasteiger partial charge in [-0.15, -0.1) is 10.2 Å². The topological polar surface area (TPSA) is 100 Å². The van der Waals surface area contributed by atoms with Gasteiger partial charge in [0, 0.05) is 56.4 Å². The highest BCUT2D eigenvalue weighted by Crippen LogP contribution is 2.25. The molecule has 10 heteroatoms. The van der Waals surface area contributed by atoms with Gasteiger partial charge >= 0.3 is 0 Å². The van der Waals surface area contributed by atoms with E-state index in [0.29, 0.717) is 5.82 Å². The zero-order valence-electron chi connectivity index (χ0n) is 19.2. The minimum Gasteiger partial charge on any atom is -0.368 e. The van der Waals surface area contributed by atoms with Crippen LogP contribution in [0.2, 0.25) is 0 Å². The molecule has 10 nitrogen and oxygen atoms in total. The second-order valence-corrected chi connectivity index (χ2v) is 8.77. The number of piperazine rings is 1. The van der Waals surface area contributed by atoms with Gasteiger partial charge in [-0.25, -0.2) is 9.67 Å². The molecule has 2 aromatic heterocycles. The van der Waals surface area contributed by atoms with Crippen molar-refractivity contribution in [2.24, 2.45) is 5.92 Å². The van der Waals surface area contributed by atoms with Gasteiger partial charge in [0.15, 0.2) is 17.4 Å². The lowest BCUT2D eigenvalue weighted by atomic mass is 9.95. The average Bonchev–Trinajstić information content (AvgIpc) is 3.44. The molecule has 0 aliphatic carbocycles. The van der Waals surface area contributed by atoms with Gasteiger partial charge in [0.2, 0.25) is 5.91 Å². The van der Waals surface area contributed by atoms with Crippen LogP contribution in [0.1, 0.15) is 30.1 Å². The molecular weight excluding hydrogens is 432 g/mol. The van der Waals surface area contributed by atoms with Crippen LogP contribution in [0.4, 0.5) is 11.5 Å². The van der Waals surface area contributed by atoms with Crippen molar-refractivity contribution in [2.75, 3.05) is 49.1 Å². The smallest absolute Gasteiger partial charge is 0.225 e. The summed E-state index contributed by atoms with van der Waals surface area (Å²) in [5.74, 6) is 1.84. The molecule has 5 rings (SSSR count). The minimum absolute atomic E-state index is 0.0556. The monoisotopic (exact) mass is 460 g/mol. The first-order valence-electron chi connectivity index (χ1n) is 11.7. The Morgan fingerprint density at radius 1 is 0.824 bits per heavy atom. The van der Waals surface area contributed by atoms with Crippen molar-refractivity contribution < 1.29 is 9.59 Å². The van der Waals surface area contributed by atoms with Crippen LogP contribution < -0.4 is 9.80 Å². The van der Waals surface area contributed by atoms with Crippen LogP contribution >= 0.6 is 0 Å². The maximum absolute atomic E-state index is 13.1. The van der Waals surface area contributed by atoms with Gasteiger partial charge in [-0.1, -0.05) is 0 Å². The second kappa shape index (κ2) is 9.58. The number of hydrogen-bond acceptors (Lipinski definition) is 8. The second-order valence-electron chi connectivity index (χ2n) is 8.77. The number of piperidine rings is 1. The van der Waals surface area contributed by atoms with Crippen molar-refractivity contribution in [3.63, 3.8) is 0 Å². The van der Waals surface area contributed by atoms with E-state index in [2.05, 4.69) is 30.1 Å². The third-order valence-corrected chi connectivity index (χ3v) is 6.69. The van der Waals surface area contributed by atoms with Gasteiger partial charge in [0.1, 0.15) is 12.7 Å². The highest BCUT2D eigenvalue weighted by atomic mass is 16.2. The van der Waals surface area contributed by atoms with Crippen LogP contribution in [0, 0.1) is 5.92 Å². The van der Waals surface area contributed by atoms with E-state index in [-0.39, 0.29) is 17.6 Å². The van der Waals surface area contributed by atoms with E-state index in [0.717, 1.165) is 69.2 Å². The van der Waals surface area contributed by atoms with E-state index in [1.54, 1.807) is 17.9 Å². The van der Waals surface area contributed by atoms with Crippen molar-refractivity contribution in [1.82, 2.24) is 29.9 Å². The Hall–Kier alpha value is -3.82. The van der Waals surface area contributed by atoms with Crippen molar-refractivity contribution in [3.05, 3.63) is 54.6 Å². The third kappa shape index (κ3) is 4.61. The number of amides is 1. The fraction of sp³-hybridized carbons (Fsp3) is 0.417. The Balaban J connectivity index is 1.11. The number of ketones is 1. The highest BCUT2D eigenvalue weighted by molar-refractivity contribution is 5.94. The molecule has 2 saturated heterocycles. The van der Waals surface area contributed by atoms with E-state index in [4.69, 9.17) is 0 Å². The molecule has 0 atom stereocenters. The van der Waals surface area contributed by atoms with Crippen molar-refractivity contribution in [2.45, 2.75) is 19.8 Å². The van der Waals surface area contributed by atoms with Crippen molar-refractivity contribution in [1.29, 1.82) is 0 Å². The van der Waals surface area contributed by atoms with Gasteiger partial charge in [-0.05, 0) is 56.2 Å². The third-order valence-electron chi connectivity index (χ3n) is 6.69. The summed E-state index contributed by atoms with van der Waals surface area (Å²) >= 11 is 0. The normalized spacial score (nSPS) is 17.1. The van der Waals surface area contributed by atoms with E-state index in [1.165, 1.54) is 6.33 Å². The van der Waals surface area contributed by atoms with Crippen LogP contribution in [0.15, 0.2) is 49.1 Å². The van der Waals surface area contributed by atoms with Crippen molar-refractivity contribution >= 4 is 23.2 Å². The van der Waals surface area contributed by atoms with E-state index < -0.39 is 0 Å². The maximum atomic E-state index is 13.1. The first-order valence-corrected chi connectivity index (χ1v) is 11.7. The van der Waals surface area contributed by atoms with Crippen LogP contribution in [0.25, 0.3) is 5.82 Å². The van der Waals surface area contributed by atoms with Crippen LogP contribution in [-0.4, -0.2) is 80.8 Å².